The second-order valence-corrected chi connectivity index (χ2v) is 7.22. The van der Waals surface area contributed by atoms with E-state index in [2.05, 4.69) is 0 Å². The molecule has 0 atom stereocenters. The van der Waals surface area contributed by atoms with E-state index in [1.165, 1.54) is 23.5 Å². The van der Waals surface area contributed by atoms with Crippen LogP contribution in [0, 0.1) is 0 Å². The molecule has 0 saturated carbocycles. The normalized spacial score (nSPS) is 10.3. The van der Waals surface area contributed by atoms with Crippen LogP contribution in [-0.4, -0.2) is 12.6 Å². The van der Waals surface area contributed by atoms with Gasteiger partial charge in [0.05, 0.1) is 0 Å². The van der Waals surface area contributed by atoms with Crippen molar-refractivity contribution in [3.05, 3.63) is 83.9 Å². The second kappa shape index (κ2) is 7.99. The molecule has 0 unspecified atom stereocenters. The van der Waals surface area contributed by atoms with Crippen molar-refractivity contribution < 1.29 is 9.59 Å². The molecular weight excluding hydrogens is 336 g/mol. The first kappa shape index (κ1) is 16.6. The van der Waals surface area contributed by atoms with Crippen molar-refractivity contribution in [1.82, 2.24) is 0 Å². The predicted octanol–water partition coefficient (Wildman–Crippen LogP) is 5.61. The molecule has 0 aliphatic heterocycles. The summed E-state index contributed by atoms with van der Waals surface area (Å²) in [7, 11) is 0. The number of rotatable bonds is 6. The van der Waals surface area contributed by atoms with Gasteiger partial charge in [-0.05, 0) is 36.4 Å². The highest BCUT2D eigenvalue weighted by Crippen LogP contribution is 2.36. The summed E-state index contributed by atoms with van der Waals surface area (Å²) in [5, 5.41) is 0. The third kappa shape index (κ3) is 3.96. The minimum atomic E-state index is 0.591. The highest BCUT2D eigenvalue weighted by atomic mass is 32.2. The molecule has 3 aromatic rings. The van der Waals surface area contributed by atoms with Crippen LogP contribution in [0.25, 0.3) is 0 Å². The summed E-state index contributed by atoms with van der Waals surface area (Å²) >= 11 is 2.97. The predicted molar refractivity (Wildman–Crippen MR) is 98.3 cm³/mol. The maximum Gasteiger partial charge on any atom is 0.151 e. The van der Waals surface area contributed by atoms with E-state index in [0.29, 0.717) is 11.1 Å². The quantitative estimate of drug-likeness (QED) is 0.541. The molecule has 0 bridgehead atoms. The van der Waals surface area contributed by atoms with Gasteiger partial charge in [0, 0.05) is 30.7 Å². The van der Waals surface area contributed by atoms with Crippen LogP contribution in [0.2, 0.25) is 0 Å². The molecule has 24 heavy (non-hydrogen) atoms. The zero-order valence-corrected chi connectivity index (χ0v) is 14.3. The van der Waals surface area contributed by atoms with Gasteiger partial charge in [-0.25, -0.2) is 0 Å². The summed E-state index contributed by atoms with van der Waals surface area (Å²) in [5.74, 6) is 0. The number of benzene rings is 3. The molecule has 0 radical (unpaired) electrons. The lowest BCUT2D eigenvalue weighted by Gasteiger charge is -2.10. The summed E-state index contributed by atoms with van der Waals surface area (Å²) in [6.07, 6.45) is 1.68. The highest BCUT2D eigenvalue weighted by molar-refractivity contribution is 8.00. The van der Waals surface area contributed by atoms with E-state index >= 15 is 0 Å². The van der Waals surface area contributed by atoms with Gasteiger partial charge in [0.15, 0.2) is 12.6 Å². The molecule has 118 valence electrons. The van der Waals surface area contributed by atoms with Crippen LogP contribution >= 0.6 is 23.5 Å². The Hall–Kier alpha value is -2.30. The summed E-state index contributed by atoms with van der Waals surface area (Å²) in [5.41, 5.74) is 1.18. The Balaban J connectivity index is 1.97. The van der Waals surface area contributed by atoms with Crippen molar-refractivity contribution in [2.45, 2.75) is 19.6 Å². The second-order valence-electron chi connectivity index (χ2n) is 4.99. The average Bonchev–Trinajstić information content (AvgIpc) is 2.64. The van der Waals surface area contributed by atoms with Crippen LogP contribution in [-0.2, 0) is 0 Å². The zero-order chi connectivity index (χ0) is 16.8. The third-order valence-electron chi connectivity index (χ3n) is 3.34. The standard InChI is InChI=1S/C20H14O2S2/c21-13-15-12-20(24-18-9-5-2-6-10-18)16(14-22)11-19(15)23-17-7-3-1-4-8-17/h1-14H. The molecule has 0 N–H and O–H groups in total. The van der Waals surface area contributed by atoms with Crippen molar-refractivity contribution in [1.29, 1.82) is 0 Å². The largest absolute Gasteiger partial charge is 0.298 e. The molecule has 3 aromatic carbocycles. The molecule has 3 rings (SSSR count). The SMILES string of the molecule is O=Cc1cc(Sc2ccccc2)c(C=O)cc1Sc1ccccc1. The molecule has 2 nitrogen and oxygen atoms in total. The number of hydrogen-bond donors (Lipinski definition) is 0. The van der Waals surface area contributed by atoms with Crippen molar-refractivity contribution in [3.63, 3.8) is 0 Å². The Kier molecular flexibility index (Phi) is 5.51. The van der Waals surface area contributed by atoms with Gasteiger partial charge >= 0.3 is 0 Å². The number of hydrogen-bond acceptors (Lipinski definition) is 4. The minimum absolute atomic E-state index is 0.591. The highest BCUT2D eigenvalue weighted by Gasteiger charge is 2.12. The Labute approximate surface area is 149 Å². The van der Waals surface area contributed by atoms with Gasteiger partial charge in [-0.3, -0.25) is 9.59 Å². The number of carbonyl (C=O) groups excluding carboxylic acids is 2. The van der Waals surface area contributed by atoms with Crippen molar-refractivity contribution in [2.75, 3.05) is 0 Å². The lowest BCUT2D eigenvalue weighted by molar-refractivity contribution is 0.110. The molecule has 0 aromatic heterocycles. The molecular formula is C20H14O2S2. The van der Waals surface area contributed by atoms with Gasteiger partial charge in [-0.2, -0.15) is 0 Å². The lowest BCUT2D eigenvalue weighted by Crippen LogP contribution is -1.93. The molecule has 0 aliphatic carbocycles. The molecule has 0 amide bonds. The smallest absolute Gasteiger partial charge is 0.151 e. The first-order valence-electron chi connectivity index (χ1n) is 7.34. The number of aldehydes is 2. The van der Waals surface area contributed by atoms with E-state index in [1.54, 1.807) is 12.1 Å². The summed E-state index contributed by atoms with van der Waals surface area (Å²) in [6, 6.07) is 23.2. The van der Waals surface area contributed by atoms with Crippen LogP contribution in [0.5, 0.6) is 0 Å². The van der Waals surface area contributed by atoms with Gasteiger partial charge in [-0.15, -0.1) is 0 Å². The first-order chi connectivity index (χ1) is 11.8. The topological polar surface area (TPSA) is 34.1 Å². The third-order valence-corrected chi connectivity index (χ3v) is 5.50. The lowest BCUT2D eigenvalue weighted by atomic mass is 10.1. The molecule has 0 aliphatic rings. The summed E-state index contributed by atoms with van der Waals surface area (Å²) in [6.45, 7) is 0. The van der Waals surface area contributed by atoms with E-state index in [-0.39, 0.29) is 0 Å². The summed E-state index contributed by atoms with van der Waals surface area (Å²) in [4.78, 5) is 26.7. The molecule has 0 saturated heterocycles. The Bertz CT molecular complexity index is 773. The Morgan fingerprint density at radius 3 is 1.29 bits per heavy atom. The van der Waals surface area contributed by atoms with E-state index in [4.69, 9.17) is 0 Å². The first-order valence-corrected chi connectivity index (χ1v) is 8.97. The van der Waals surface area contributed by atoms with Crippen molar-refractivity contribution >= 4 is 36.1 Å². The van der Waals surface area contributed by atoms with Gasteiger partial charge in [-0.1, -0.05) is 59.9 Å². The monoisotopic (exact) mass is 350 g/mol. The minimum Gasteiger partial charge on any atom is -0.298 e. The van der Waals surface area contributed by atoms with Crippen LogP contribution < -0.4 is 0 Å². The van der Waals surface area contributed by atoms with Crippen LogP contribution in [0.3, 0.4) is 0 Å². The summed E-state index contributed by atoms with van der Waals surface area (Å²) < 4.78 is 0. The average molecular weight is 350 g/mol. The molecule has 0 heterocycles. The Morgan fingerprint density at radius 1 is 0.583 bits per heavy atom. The number of carbonyl (C=O) groups is 2. The van der Waals surface area contributed by atoms with Gasteiger partial charge in [0.25, 0.3) is 0 Å². The van der Waals surface area contributed by atoms with Gasteiger partial charge < -0.3 is 0 Å². The molecule has 0 fully saturated rings. The van der Waals surface area contributed by atoms with Crippen LogP contribution in [0.1, 0.15) is 20.7 Å². The maximum absolute atomic E-state index is 11.5. The van der Waals surface area contributed by atoms with E-state index in [0.717, 1.165) is 32.2 Å². The van der Waals surface area contributed by atoms with E-state index in [9.17, 15) is 9.59 Å². The molecule has 4 heteroatoms. The fraction of sp³-hybridized carbons (Fsp3) is 0. The van der Waals surface area contributed by atoms with Gasteiger partial charge in [0.1, 0.15) is 0 Å². The van der Waals surface area contributed by atoms with Crippen LogP contribution in [0.15, 0.2) is 92.4 Å². The zero-order valence-electron chi connectivity index (χ0n) is 12.7. The molecule has 0 spiro atoms. The van der Waals surface area contributed by atoms with Crippen molar-refractivity contribution in [2.24, 2.45) is 0 Å². The Morgan fingerprint density at radius 2 is 0.958 bits per heavy atom. The fourth-order valence-electron chi connectivity index (χ4n) is 2.18. The van der Waals surface area contributed by atoms with E-state index in [1.807, 2.05) is 60.7 Å². The van der Waals surface area contributed by atoms with E-state index < -0.39 is 0 Å². The maximum atomic E-state index is 11.5. The van der Waals surface area contributed by atoms with Gasteiger partial charge in [0.2, 0.25) is 0 Å². The fourth-order valence-corrected chi connectivity index (χ4v) is 4.10. The van der Waals surface area contributed by atoms with Crippen molar-refractivity contribution in [3.8, 4) is 0 Å². The van der Waals surface area contributed by atoms with Crippen LogP contribution in [0.4, 0.5) is 0 Å².